The van der Waals surface area contributed by atoms with Gasteiger partial charge in [0, 0.05) is 19.0 Å². The highest BCUT2D eigenvalue weighted by Gasteiger charge is 2.27. The number of rotatable bonds is 9. The zero-order valence-electron chi connectivity index (χ0n) is 13.8. The Hall–Kier alpha value is -1.40. The molecule has 0 atom stereocenters. The van der Waals surface area contributed by atoms with Crippen molar-refractivity contribution < 1.29 is 13.2 Å². The van der Waals surface area contributed by atoms with E-state index in [2.05, 4.69) is 23.9 Å². The van der Waals surface area contributed by atoms with Crippen molar-refractivity contribution in [3.63, 3.8) is 0 Å². The second kappa shape index (κ2) is 7.93. The Morgan fingerprint density at radius 2 is 1.87 bits per heavy atom. The van der Waals surface area contributed by atoms with Gasteiger partial charge in [-0.15, -0.1) is 0 Å². The zero-order valence-corrected chi connectivity index (χ0v) is 14.7. The lowest BCUT2D eigenvalue weighted by Gasteiger charge is -2.08. The summed E-state index contributed by atoms with van der Waals surface area (Å²) in [7, 11) is -3.39. The molecule has 1 amide bonds. The van der Waals surface area contributed by atoms with Crippen LogP contribution in [0.2, 0.25) is 0 Å². The molecule has 0 bridgehead atoms. The summed E-state index contributed by atoms with van der Waals surface area (Å²) >= 11 is 0. The van der Waals surface area contributed by atoms with E-state index < -0.39 is 10.0 Å². The van der Waals surface area contributed by atoms with Crippen molar-refractivity contribution in [1.82, 2.24) is 10.0 Å². The normalized spacial score (nSPS) is 14.9. The summed E-state index contributed by atoms with van der Waals surface area (Å²) in [4.78, 5) is 12.0. The number of amides is 1. The first-order chi connectivity index (χ1) is 10.9. The van der Waals surface area contributed by atoms with Crippen molar-refractivity contribution in [2.75, 3.05) is 6.54 Å². The Bertz CT molecular complexity index is 620. The van der Waals surface area contributed by atoms with Crippen molar-refractivity contribution in [2.24, 2.45) is 5.92 Å². The highest BCUT2D eigenvalue weighted by molar-refractivity contribution is 7.89. The van der Waals surface area contributed by atoms with Gasteiger partial charge in [0.15, 0.2) is 0 Å². The molecule has 2 rings (SSSR count). The van der Waals surface area contributed by atoms with E-state index in [4.69, 9.17) is 0 Å². The number of hydrogen-bond acceptors (Lipinski definition) is 3. The van der Waals surface area contributed by atoms with Crippen LogP contribution < -0.4 is 10.0 Å². The molecule has 1 aromatic carbocycles. The number of carbonyl (C=O) groups is 1. The fourth-order valence-corrected chi connectivity index (χ4v) is 3.48. The molecule has 0 aliphatic heterocycles. The first kappa shape index (κ1) is 17.9. The van der Waals surface area contributed by atoms with Gasteiger partial charge in [-0.05, 0) is 49.3 Å². The number of carbonyl (C=O) groups excluding carboxylic acids is 1. The Labute approximate surface area is 138 Å². The molecule has 1 aromatic rings. The minimum absolute atomic E-state index is 0.0396. The summed E-state index contributed by atoms with van der Waals surface area (Å²) in [6, 6.07) is 6.88. The second-order valence-electron chi connectivity index (χ2n) is 6.57. The lowest BCUT2D eigenvalue weighted by molar-refractivity contribution is -0.121. The van der Waals surface area contributed by atoms with Crippen LogP contribution >= 0.6 is 0 Å². The molecular weight excluding hydrogens is 312 g/mol. The Morgan fingerprint density at radius 3 is 2.43 bits per heavy atom. The molecule has 1 fully saturated rings. The van der Waals surface area contributed by atoms with Crippen LogP contribution in [-0.4, -0.2) is 26.9 Å². The van der Waals surface area contributed by atoms with Crippen LogP contribution in [0, 0.1) is 5.92 Å². The predicted octanol–water partition coefficient (Wildman–Crippen LogP) is 2.22. The van der Waals surface area contributed by atoms with Gasteiger partial charge in [-0.1, -0.05) is 26.0 Å². The van der Waals surface area contributed by atoms with Crippen molar-refractivity contribution in [1.29, 1.82) is 0 Å². The topological polar surface area (TPSA) is 75.3 Å². The lowest BCUT2D eigenvalue weighted by atomic mass is 10.1. The monoisotopic (exact) mass is 338 g/mol. The minimum Gasteiger partial charge on any atom is -0.356 e. The second-order valence-corrected chi connectivity index (χ2v) is 8.29. The number of sulfonamides is 1. The summed E-state index contributed by atoms with van der Waals surface area (Å²) in [6.07, 6.45) is 3.85. The molecular formula is C17H26N2O3S. The van der Waals surface area contributed by atoms with Gasteiger partial charge >= 0.3 is 0 Å². The molecule has 5 nitrogen and oxygen atoms in total. The smallest absolute Gasteiger partial charge is 0.240 e. The van der Waals surface area contributed by atoms with Gasteiger partial charge in [0.05, 0.1) is 4.90 Å². The standard InChI is InChI=1S/C17H26N2O3S/c1-13(2)11-12-18-17(20)10-5-14-3-8-16(9-4-14)23(21,22)19-15-6-7-15/h3-4,8-9,13,15,19H,5-7,10-12H2,1-2H3,(H,18,20). The van der Waals surface area contributed by atoms with Gasteiger partial charge in [0.2, 0.25) is 15.9 Å². The molecule has 0 saturated heterocycles. The number of benzene rings is 1. The molecule has 23 heavy (non-hydrogen) atoms. The summed E-state index contributed by atoms with van der Waals surface area (Å²) in [5.74, 6) is 0.617. The van der Waals surface area contributed by atoms with Crippen molar-refractivity contribution in [3.05, 3.63) is 29.8 Å². The summed E-state index contributed by atoms with van der Waals surface area (Å²) in [5.41, 5.74) is 0.967. The molecule has 128 valence electrons. The number of aryl methyl sites for hydroxylation is 1. The fourth-order valence-electron chi connectivity index (χ4n) is 2.17. The molecule has 6 heteroatoms. The quantitative estimate of drug-likeness (QED) is 0.725. The fraction of sp³-hybridized carbons (Fsp3) is 0.588. The Balaban J connectivity index is 1.79. The molecule has 2 N–H and O–H groups in total. The Morgan fingerprint density at radius 1 is 1.22 bits per heavy atom. The molecule has 1 saturated carbocycles. The highest BCUT2D eigenvalue weighted by Crippen LogP contribution is 2.22. The molecule has 1 aliphatic rings. The van der Waals surface area contributed by atoms with E-state index in [9.17, 15) is 13.2 Å². The van der Waals surface area contributed by atoms with Gasteiger partial charge in [-0.3, -0.25) is 4.79 Å². The van der Waals surface area contributed by atoms with Gasteiger partial charge in [0.1, 0.15) is 0 Å². The minimum atomic E-state index is -3.39. The van der Waals surface area contributed by atoms with Crippen LogP contribution in [0.15, 0.2) is 29.2 Å². The predicted molar refractivity (Wildman–Crippen MR) is 90.6 cm³/mol. The van der Waals surface area contributed by atoms with Crippen LogP contribution in [0.1, 0.15) is 45.1 Å². The van der Waals surface area contributed by atoms with Crippen LogP contribution in [0.5, 0.6) is 0 Å². The third-order valence-corrected chi connectivity index (χ3v) is 5.35. The third-order valence-electron chi connectivity index (χ3n) is 3.82. The molecule has 0 radical (unpaired) electrons. The van der Waals surface area contributed by atoms with Crippen LogP contribution in [-0.2, 0) is 21.2 Å². The van der Waals surface area contributed by atoms with E-state index in [0.717, 1.165) is 24.8 Å². The summed E-state index contributed by atoms with van der Waals surface area (Å²) in [5, 5.41) is 2.90. The first-order valence-electron chi connectivity index (χ1n) is 8.25. The molecule has 0 aromatic heterocycles. The van der Waals surface area contributed by atoms with Crippen LogP contribution in [0.4, 0.5) is 0 Å². The first-order valence-corrected chi connectivity index (χ1v) is 9.73. The maximum absolute atomic E-state index is 12.1. The van der Waals surface area contributed by atoms with Gasteiger partial charge in [-0.25, -0.2) is 13.1 Å². The highest BCUT2D eigenvalue weighted by atomic mass is 32.2. The molecule has 0 unspecified atom stereocenters. The van der Waals surface area contributed by atoms with E-state index in [1.807, 2.05) is 0 Å². The average Bonchev–Trinajstić information content (AvgIpc) is 3.28. The molecule has 0 heterocycles. The largest absolute Gasteiger partial charge is 0.356 e. The SMILES string of the molecule is CC(C)CCNC(=O)CCc1ccc(S(=O)(=O)NC2CC2)cc1. The van der Waals surface area contributed by atoms with Crippen LogP contribution in [0.25, 0.3) is 0 Å². The maximum atomic E-state index is 12.1. The van der Waals surface area contributed by atoms with E-state index in [1.54, 1.807) is 24.3 Å². The van der Waals surface area contributed by atoms with E-state index in [1.165, 1.54) is 0 Å². The van der Waals surface area contributed by atoms with E-state index in [0.29, 0.717) is 25.3 Å². The van der Waals surface area contributed by atoms with Gasteiger partial charge in [0.25, 0.3) is 0 Å². The number of nitrogens with one attached hydrogen (secondary N) is 2. The molecule has 0 spiro atoms. The number of hydrogen-bond donors (Lipinski definition) is 2. The van der Waals surface area contributed by atoms with E-state index >= 15 is 0 Å². The maximum Gasteiger partial charge on any atom is 0.240 e. The van der Waals surface area contributed by atoms with E-state index in [-0.39, 0.29) is 16.8 Å². The van der Waals surface area contributed by atoms with Gasteiger partial charge in [-0.2, -0.15) is 0 Å². The molecule has 1 aliphatic carbocycles. The summed E-state index contributed by atoms with van der Waals surface area (Å²) in [6.45, 7) is 4.96. The zero-order chi connectivity index (χ0) is 16.9. The van der Waals surface area contributed by atoms with Gasteiger partial charge < -0.3 is 5.32 Å². The van der Waals surface area contributed by atoms with Crippen LogP contribution in [0.3, 0.4) is 0 Å². The van der Waals surface area contributed by atoms with Crippen molar-refractivity contribution in [2.45, 2.75) is 56.9 Å². The lowest BCUT2D eigenvalue weighted by Crippen LogP contribution is -2.26. The summed E-state index contributed by atoms with van der Waals surface area (Å²) < 4.78 is 26.8. The average molecular weight is 338 g/mol. The Kier molecular flexibility index (Phi) is 6.18. The van der Waals surface area contributed by atoms with Crippen molar-refractivity contribution in [3.8, 4) is 0 Å². The third kappa shape index (κ3) is 6.31. The van der Waals surface area contributed by atoms with Crippen molar-refractivity contribution >= 4 is 15.9 Å².